The quantitative estimate of drug-likeness (QED) is 0.641. The molecule has 1 unspecified atom stereocenters. The third-order valence-electron chi connectivity index (χ3n) is 1.57. The van der Waals surface area contributed by atoms with Crippen LogP contribution in [0.5, 0.6) is 0 Å². The summed E-state index contributed by atoms with van der Waals surface area (Å²) in [5.41, 5.74) is -1.08. The third-order valence-corrected chi connectivity index (χ3v) is 3.50. The second-order valence-electron chi connectivity index (χ2n) is 3.40. The van der Waals surface area contributed by atoms with Crippen LogP contribution >= 0.6 is 0 Å². The van der Waals surface area contributed by atoms with Crippen molar-refractivity contribution in [3.05, 3.63) is 0 Å². The SMILES string of the molecule is C#CC(C)(C)NS(=O)(=O)C(C)C(=O)O. The molecule has 5 nitrogen and oxygen atoms in total. The number of nitrogens with one attached hydrogen (secondary N) is 1. The summed E-state index contributed by atoms with van der Waals surface area (Å²) < 4.78 is 24.8. The number of sulfonamides is 1. The predicted molar refractivity (Wildman–Crippen MR) is 52.1 cm³/mol. The molecule has 0 aromatic rings. The van der Waals surface area contributed by atoms with Crippen molar-refractivity contribution >= 4 is 16.0 Å². The molecular formula is C8H13NO4S. The molecule has 0 aliphatic carbocycles. The topological polar surface area (TPSA) is 83.5 Å². The molecule has 0 fully saturated rings. The van der Waals surface area contributed by atoms with Crippen LogP contribution in [0.4, 0.5) is 0 Å². The van der Waals surface area contributed by atoms with Crippen molar-refractivity contribution < 1.29 is 18.3 Å². The summed E-state index contributed by atoms with van der Waals surface area (Å²) in [4.78, 5) is 10.4. The van der Waals surface area contributed by atoms with Crippen molar-refractivity contribution in [3.63, 3.8) is 0 Å². The molecule has 0 aromatic heterocycles. The first-order chi connectivity index (χ1) is 6.12. The van der Waals surface area contributed by atoms with E-state index in [0.29, 0.717) is 0 Å². The molecule has 0 saturated carbocycles. The Morgan fingerprint density at radius 3 is 2.29 bits per heavy atom. The lowest BCUT2D eigenvalue weighted by Crippen LogP contribution is -2.47. The summed E-state index contributed by atoms with van der Waals surface area (Å²) in [7, 11) is -3.92. The van der Waals surface area contributed by atoms with Crippen LogP contribution in [-0.4, -0.2) is 30.3 Å². The van der Waals surface area contributed by atoms with Gasteiger partial charge in [-0.1, -0.05) is 5.92 Å². The van der Waals surface area contributed by atoms with E-state index in [4.69, 9.17) is 11.5 Å². The molecule has 0 heterocycles. The molecule has 0 radical (unpaired) electrons. The Hall–Kier alpha value is -1.06. The van der Waals surface area contributed by atoms with E-state index in [0.717, 1.165) is 6.92 Å². The minimum Gasteiger partial charge on any atom is -0.480 e. The minimum absolute atomic E-state index is 1.08. The highest BCUT2D eigenvalue weighted by atomic mass is 32.2. The molecule has 0 saturated heterocycles. The van der Waals surface area contributed by atoms with Gasteiger partial charge in [0.05, 0.1) is 5.54 Å². The molecule has 0 bridgehead atoms. The zero-order valence-corrected chi connectivity index (χ0v) is 9.05. The standard InChI is InChI=1S/C8H13NO4S/c1-5-8(3,4)9-14(12,13)6(2)7(10)11/h1,6,9H,2-4H3,(H,10,11). The van der Waals surface area contributed by atoms with Crippen LogP contribution in [0.3, 0.4) is 0 Å². The van der Waals surface area contributed by atoms with E-state index >= 15 is 0 Å². The summed E-state index contributed by atoms with van der Waals surface area (Å²) >= 11 is 0. The average molecular weight is 219 g/mol. The van der Waals surface area contributed by atoms with Crippen LogP contribution in [0.2, 0.25) is 0 Å². The van der Waals surface area contributed by atoms with Crippen LogP contribution in [0.25, 0.3) is 0 Å². The lowest BCUT2D eigenvalue weighted by molar-refractivity contribution is -0.136. The van der Waals surface area contributed by atoms with Gasteiger partial charge in [-0.3, -0.25) is 4.79 Å². The molecule has 0 amide bonds. The minimum atomic E-state index is -3.92. The van der Waals surface area contributed by atoms with Gasteiger partial charge >= 0.3 is 5.97 Å². The van der Waals surface area contributed by atoms with Crippen LogP contribution in [0, 0.1) is 12.3 Å². The Morgan fingerprint density at radius 2 is 2.00 bits per heavy atom. The van der Waals surface area contributed by atoms with Crippen molar-refractivity contribution in [1.29, 1.82) is 0 Å². The fourth-order valence-electron chi connectivity index (χ4n) is 0.606. The van der Waals surface area contributed by atoms with Gasteiger partial charge < -0.3 is 5.11 Å². The molecule has 0 rings (SSSR count). The Morgan fingerprint density at radius 1 is 1.57 bits per heavy atom. The molecule has 0 aliphatic rings. The highest BCUT2D eigenvalue weighted by molar-refractivity contribution is 7.90. The van der Waals surface area contributed by atoms with Gasteiger partial charge in [0.1, 0.15) is 0 Å². The maximum Gasteiger partial charge on any atom is 0.323 e. The summed E-state index contributed by atoms with van der Waals surface area (Å²) in [6.07, 6.45) is 5.07. The third kappa shape index (κ3) is 3.36. The molecule has 6 heteroatoms. The second-order valence-corrected chi connectivity index (χ2v) is 5.40. The van der Waals surface area contributed by atoms with Gasteiger partial charge in [0.25, 0.3) is 0 Å². The first-order valence-electron chi connectivity index (χ1n) is 3.86. The maximum absolute atomic E-state index is 11.4. The van der Waals surface area contributed by atoms with E-state index in [1.807, 2.05) is 0 Å². The molecule has 14 heavy (non-hydrogen) atoms. The van der Waals surface area contributed by atoms with Gasteiger partial charge in [0, 0.05) is 0 Å². The Labute approximate surface area is 83.6 Å². The molecular weight excluding hydrogens is 206 g/mol. The first kappa shape index (κ1) is 12.9. The Bertz CT molecular complexity index is 363. The van der Waals surface area contributed by atoms with Crippen molar-refractivity contribution in [2.75, 3.05) is 0 Å². The fraction of sp³-hybridized carbons (Fsp3) is 0.625. The summed E-state index contributed by atoms with van der Waals surface area (Å²) in [5.74, 6) is 0.796. The molecule has 0 spiro atoms. The lowest BCUT2D eigenvalue weighted by atomic mass is 10.1. The zero-order chi connectivity index (χ0) is 11.6. The van der Waals surface area contributed by atoms with Crippen molar-refractivity contribution in [2.45, 2.75) is 31.6 Å². The number of carboxylic acid groups (broad SMARTS) is 1. The Balaban J connectivity index is 4.87. The number of aliphatic carboxylic acids is 1. The van der Waals surface area contributed by atoms with E-state index < -0.39 is 26.8 Å². The van der Waals surface area contributed by atoms with Gasteiger partial charge in [0.2, 0.25) is 10.0 Å². The zero-order valence-electron chi connectivity index (χ0n) is 8.23. The molecule has 80 valence electrons. The largest absolute Gasteiger partial charge is 0.480 e. The van der Waals surface area contributed by atoms with Gasteiger partial charge in [-0.15, -0.1) is 6.42 Å². The first-order valence-corrected chi connectivity index (χ1v) is 5.40. The van der Waals surface area contributed by atoms with E-state index in [9.17, 15) is 13.2 Å². The number of terminal acetylenes is 1. The second kappa shape index (κ2) is 3.98. The number of hydrogen-bond donors (Lipinski definition) is 2. The van der Waals surface area contributed by atoms with Gasteiger partial charge in [-0.2, -0.15) is 4.72 Å². The highest BCUT2D eigenvalue weighted by Crippen LogP contribution is 2.06. The highest BCUT2D eigenvalue weighted by Gasteiger charge is 2.32. The van der Waals surface area contributed by atoms with Crippen LogP contribution < -0.4 is 4.72 Å². The average Bonchev–Trinajstić information content (AvgIpc) is 2.01. The van der Waals surface area contributed by atoms with Crippen LogP contribution in [0.15, 0.2) is 0 Å². The summed E-state index contributed by atoms with van der Waals surface area (Å²) in [6, 6.07) is 0. The Kier molecular flexibility index (Phi) is 3.68. The number of carbonyl (C=O) groups is 1. The fourth-order valence-corrected chi connectivity index (χ4v) is 1.82. The number of hydrogen-bond acceptors (Lipinski definition) is 3. The normalized spacial score (nSPS) is 14.4. The molecule has 0 aromatic carbocycles. The lowest BCUT2D eigenvalue weighted by Gasteiger charge is -2.20. The van der Waals surface area contributed by atoms with Crippen LogP contribution in [0.1, 0.15) is 20.8 Å². The van der Waals surface area contributed by atoms with Crippen LogP contribution in [-0.2, 0) is 14.8 Å². The van der Waals surface area contributed by atoms with Crippen molar-refractivity contribution in [1.82, 2.24) is 4.72 Å². The van der Waals surface area contributed by atoms with Gasteiger partial charge in [-0.05, 0) is 20.8 Å². The molecule has 2 N–H and O–H groups in total. The summed E-state index contributed by atoms with van der Waals surface area (Å²) in [6.45, 7) is 4.02. The monoisotopic (exact) mass is 219 g/mol. The van der Waals surface area contributed by atoms with E-state index in [-0.39, 0.29) is 0 Å². The molecule has 0 aliphatic heterocycles. The smallest absolute Gasteiger partial charge is 0.323 e. The van der Waals surface area contributed by atoms with E-state index in [2.05, 4.69) is 10.6 Å². The number of carboxylic acids is 1. The number of rotatable bonds is 4. The molecule has 1 atom stereocenters. The van der Waals surface area contributed by atoms with E-state index in [1.54, 1.807) is 0 Å². The van der Waals surface area contributed by atoms with Gasteiger partial charge in [0.15, 0.2) is 5.25 Å². The van der Waals surface area contributed by atoms with E-state index in [1.165, 1.54) is 13.8 Å². The van der Waals surface area contributed by atoms with Crippen molar-refractivity contribution in [3.8, 4) is 12.3 Å². The van der Waals surface area contributed by atoms with Gasteiger partial charge in [-0.25, -0.2) is 8.42 Å². The van der Waals surface area contributed by atoms with Crippen molar-refractivity contribution in [2.24, 2.45) is 0 Å². The summed E-state index contributed by atoms with van der Waals surface area (Å²) in [5, 5.41) is 7.00. The predicted octanol–water partition coefficient (Wildman–Crippen LogP) is -0.209. The maximum atomic E-state index is 11.4.